The molecule has 1 atom stereocenters. The van der Waals surface area contributed by atoms with Crippen molar-refractivity contribution in [3.05, 3.63) is 59.1 Å². The molecule has 3 heterocycles. The molecule has 6 heteroatoms. The van der Waals surface area contributed by atoms with Crippen LogP contribution in [-0.4, -0.2) is 21.7 Å². The van der Waals surface area contributed by atoms with Gasteiger partial charge in [-0.05, 0) is 23.8 Å². The first-order chi connectivity index (χ1) is 10.3. The molecule has 104 valence electrons. The number of benzene rings is 1. The molecule has 1 aliphatic rings. The minimum atomic E-state index is 0.0785. The van der Waals surface area contributed by atoms with Gasteiger partial charge in [0.25, 0.3) is 0 Å². The van der Waals surface area contributed by atoms with Crippen LogP contribution in [0, 0.1) is 0 Å². The van der Waals surface area contributed by atoms with Gasteiger partial charge in [0.05, 0.1) is 10.9 Å². The maximum absolute atomic E-state index is 5.83. The molecular formula is C15H11ClN4O. The number of pyridine rings is 1. The summed E-state index contributed by atoms with van der Waals surface area (Å²) in [6.07, 6.45) is 1.57. The Morgan fingerprint density at radius 1 is 1.19 bits per heavy atom. The van der Waals surface area contributed by atoms with Gasteiger partial charge >= 0.3 is 0 Å². The van der Waals surface area contributed by atoms with E-state index in [0.29, 0.717) is 22.4 Å². The van der Waals surface area contributed by atoms with Crippen LogP contribution in [0.3, 0.4) is 0 Å². The Hall–Kier alpha value is -2.40. The molecule has 0 saturated carbocycles. The van der Waals surface area contributed by atoms with E-state index in [1.165, 1.54) is 5.56 Å². The van der Waals surface area contributed by atoms with E-state index in [4.69, 9.17) is 16.1 Å². The Kier molecular flexibility index (Phi) is 2.86. The topological polar surface area (TPSA) is 63.8 Å². The third-order valence-corrected chi connectivity index (χ3v) is 3.75. The molecule has 0 radical (unpaired) electrons. The van der Waals surface area contributed by atoms with E-state index in [1.807, 2.05) is 18.2 Å². The molecule has 0 spiro atoms. The molecule has 4 rings (SSSR count). The third-order valence-electron chi connectivity index (χ3n) is 3.53. The third kappa shape index (κ3) is 2.15. The summed E-state index contributed by atoms with van der Waals surface area (Å²) in [5.74, 6) is 1.15. The smallest absolute Gasteiger partial charge is 0.236 e. The molecule has 1 unspecified atom stereocenters. The van der Waals surface area contributed by atoms with Crippen molar-refractivity contribution in [1.82, 2.24) is 15.1 Å². The highest BCUT2D eigenvalue weighted by molar-refractivity contribution is 6.30. The molecule has 1 aliphatic heterocycles. The Bertz CT molecular complexity index is 784. The molecule has 21 heavy (non-hydrogen) atoms. The van der Waals surface area contributed by atoms with Crippen molar-refractivity contribution >= 4 is 17.3 Å². The van der Waals surface area contributed by atoms with Crippen LogP contribution >= 0.6 is 11.6 Å². The molecule has 1 N–H and O–H groups in total. The number of hydrogen-bond acceptors (Lipinski definition) is 5. The number of para-hydroxylation sites is 1. The highest BCUT2D eigenvalue weighted by atomic mass is 35.5. The van der Waals surface area contributed by atoms with Crippen LogP contribution < -0.4 is 5.32 Å². The maximum Gasteiger partial charge on any atom is 0.236 e. The summed E-state index contributed by atoms with van der Waals surface area (Å²) in [6.45, 7) is 0.759. The molecule has 0 amide bonds. The van der Waals surface area contributed by atoms with Gasteiger partial charge in [0.1, 0.15) is 5.69 Å². The van der Waals surface area contributed by atoms with E-state index in [2.05, 4.69) is 26.5 Å². The summed E-state index contributed by atoms with van der Waals surface area (Å²) in [7, 11) is 0. The minimum absolute atomic E-state index is 0.0785. The normalized spacial score (nSPS) is 16.5. The largest absolute Gasteiger partial charge is 0.384 e. The monoisotopic (exact) mass is 298 g/mol. The van der Waals surface area contributed by atoms with Crippen molar-refractivity contribution in [1.29, 1.82) is 0 Å². The quantitative estimate of drug-likeness (QED) is 0.786. The molecule has 0 saturated heterocycles. The van der Waals surface area contributed by atoms with Crippen LogP contribution in [0.25, 0.3) is 11.5 Å². The fourth-order valence-corrected chi connectivity index (χ4v) is 2.60. The lowest BCUT2D eigenvalue weighted by Crippen LogP contribution is -2.04. The second-order valence-corrected chi connectivity index (χ2v) is 5.28. The zero-order chi connectivity index (χ0) is 14.2. The molecule has 0 fully saturated rings. The lowest BCUT2D eigenvalue weighted by atomic mass is 10.0. The lowest BCUT2D eigenvalue weighted by Gasteiger charge is -2.02. The summed E-state index contributed by atoms with van der Waals surface area (Å²) >= 11 is 5.83. The van der Waals surface area contributed by atoms with Gasteiger partial charge in [-0.25, -0.2) is 0 Å². The van der Waals surface area contributed by atoms with Gasteiger partial charge in [-0.1, -0.05) is 35.0 Å². The molecule has 0 aliphatic carbocycles. The van der Waals surface area contributed by atoms with Crippen LogP contribution in [0.1, 0.15) is 17.4 Å². The number of nitrogens with zero attached hydrogens (tertiary/aromatic N) is 3. The second kappa shape index (κ2) is 4.86. The molecule has 2 aromatic heterocycles. The number of fused-ring (bicyclic) bond motifs is 1. The van der Waals surface area contributed by atoms with E-state index in [1.54, 1.807) is 18.3 Å². The number of rotatable bonds is 2. The maximum atomic E-state index is 5.83. The average molecular weight is 299 g/mol. The number of anilines is 1. The minimum Gasteiger partial charge on any atom is -0.384 e. The van der Waals surface area contributed by atoms with Crippen molar-refractivity contribution in [2.75, 3.05) is 11.9 Å². The van der Waals surface area contributed by atoms with Gasteiger partial charge in [0, 0.05) is 18.4 Å². The summed E-state index contributed by atoms with van der Waals surface area (Å²) < 4.78 is 5.42. The van der Waals surface area contributed by atoms with Crippen LogP contribution in [-0.2, 0) is 0 Å². The summed E-state index contributed by atoms with van der Waals surface area (Å²) in [4.78, 5) is 8.67. The van der Waals surface area contributed by atoms with Crippen molar-refractivity contribution in [2.45, 2.75) is 5.92 Å². The van der Waals surface area contributed by atoms with Crippen LogP contribution in [0.2, 0.25) is 5.02 Å². The molecule has 3 aromatic rings. The number of halogens is 1. The lowest BCUT2D eigenvalue weighted by molar-refractivity contribution is 0.370. The number of hydrogen-bond donors (Lipinski definition) is 1. The zero-order valence-electron chi connectivity index (χ0n) is 11.0. The summed E-state index contributed by atoms with van der Waals surface area (Å²) in [5.41, 5.74) is 2.94. The van der Waals surface area contributed by atoms with Crippen LogP contribution in [0.15, 0.2) is 47.1 Å². The predicted octanol–water partition coefficient (Wildman–Crippen LogP) is 3.34. The van der Waals surface area contributed by atoms with Gasteiger partial charge in [-0.15, -0.1) is 0 Å². The molecule has 1 aromatic carbocycles. The van der Waals surface area contributed by atoms with E-state index < -0.39 is 0 Å². The Labute approximate surface area is 126 Å². The molecular weight excluding hydrogens is 288 g/mol. The van der Waals surface area contributed by atoms with E-state index in [-0.39, 0.29) is 5.92 Å². The van der Waals surface area contributed by atoms with Gasteiger partial charge < -0.3 is 9.84 Å². The Morgan fingerprint density at radius 2 is 2.10 bits per heavy atom. The van der Waals surface area contributed by atoms with Crippen LogP contribution in [0.5, 0.6) is 0 Å². The number of aromatic nitrogens is 3. The van der Waals surface area contributed by atoms with Gasteiger partial charge in [0.2, 0.25) is 11.7 Å². The van der Waals surface area contributed by atoms with Crippen LogP contribution in [0.4, 0.5) is 5.69 Å². The van der Waals surface area contributed by atoms with Crippen molar-refractivity contribution < 1.29 is 4.52 Å². The fourth-order valence-electron chi connectivity index (χ4n) is 2.49. The number of nitrogens with one attached hydrogen (secondary N) is 1. The highest BCUT2D eigenvalue weighted by Crippen LogP contribution is 2.35. The molecule has 5 nitrogen and oxygen atoms in total. The summed E-state index contributed by atoms with van der Waals surface area (Å²) in [5, 5.41) is 7.94. The van der Waals surface area contributed by atoms with E-state index >= 15 is 0 Å². The highest BCUT2D eigenvalue weighted by Gasteiger charge is 2.28. The van der Waals surface area contributed by atoms with Gasteiger partial charge in [-0.3, -0.25) is 4.98 Å². The SMILES string of the molecule is Clc1ccc(-c2noc(C3CNc4ccccc43)n2)nc1. The van der Waals surface area contributed by atoms with Crippen molar-refractivity contribution in [2.24, 2.45) is 0 Å². The van der Waals surface area contributed by atoms with Crippen molar-refractivity contribution in [3.8, 4) is 11.5 Å². The van der Waals surface area contributed by atoms with Crippen molar-refractivity contribution in [3.63, 3.8) is 0 Å². The van der Waals surface area contributed by atoms with Gasteiger partial charge in [0.15, 0.2) is 0 Å². The second-order valence-electron chi connectivity index (χ2n) is 4.84. The Morgan fingerprint density at radius 3 is 2.95 bits per heavy atom. The standard InChI is InChI=1S/C15H11ClN4O/c16-9-5-6-13(17-7-9)14-19-15(21-20-14)11-8-18-12-4-2-1-3-10(11)12/h1-7,11,18H,8H2. The molecule has 0 bridgehead atoms. The first-order valence-electron chi connectivity index (χ1n) is 6.59. The Balaban J connectivity index is 1.68. The summed E-state index contributed by atoms with van der Waals surface area (Å²) in [6, 6.07) is 11.7. The average Bonchev–Trinajstić information content (AvgIpc) is 3.14. The predicted molar refractivity (Wildman–Crippen MR) is 79.3 cm³/mol. The zero-order valence-corrected chi connectivity index (χ0v) is 11.7. The van der Waals surface area contributed by atoms with Gasteiger partial charge in [-0.2, -0.15) is 4.98 Å². The first kappa shape index (κ1) is 12.3. The fraction of sp³-hybridized carbons (Fsp3) is 0.133. The van der Waals surface area contributed by atoms with E-state index in [0.717, 1.165) is 12.2 Å². The first-order valence-corrected chi connectivity index (χ1v) is 6.97. The van der Waals surface area contributed by atoms with E-state index in [9.17, 15) is 0 Å².